The van der Waals surface area contributed by atoms with Crippen LogP contribution in [-0.2, 0) is 17.6 Å². The van der Waals surface area contributed by atoms with Crippen LogP contribution in [0.1, 0.15) is 17.5 Å². The van der Waals surface area contributed by atoms with Crippen molar-refractivity contribution in [3.05, 3.63) is 29.3 Å². The highest BCUT2D eigenvalue weighted by molar-refractivity contribution is 5.94. The molecule has 1 amide bonds. The summed E-state index contributed by atoms with van der Waals surface area (Å²) >= 11 is 0. The summed E-state index contributed by atoms with van der Waals surface area (Å²) in [5, 5.41) is 18.9. The van der Waals surface area contributed by atoms with Crippen LogP contribution in [-0.4, -0.2) is 48.0 Å². The van der Waals surface area contributed by atoms with Crippen LogP contribution < -0.4 is 10.6 Å². The number of nitrogens with zero attached hydrogens (tertiary/aromatic N) is 2. The van der Waals surface area contributed by atoms with Gasteiger partial charge in [0.05, 0.1) is 0 Å². The molecule has 21 heavy (non-hydrogen) atoms. The van der Waals surface area contributed by atoms with Crippen LogP contribution in [0.4, 0.5) is 5.69 Å². The van der Waals surface area contributed by atoms with Crippen LogP contribution in [0.15, 0.2) is 23.4 Å². The molecule has 0 radical (unpaired) electrons. The molecule has 3 N–H and O–H groups in total. The molecular formula is C15H20N4O2. The maximum Gasteiger partial charge on any atom is 0.224 e. The van der Waals surface area contributed by atoms with Gasteiger partial charge in [-0.25, -0.2) is 0 Å². The summed E-state index contributed by atoms with van der Waals surface area (Å²) in [7, 11) is 0. The highest BCUT2D eigenvalue weighted by atomic mass is 16.4. The summed E-state index contributed by atoms with van der Waals surface area (Å²) in [5.74, 6) is 0.782. The first-order valence-corrected chi connectivity index (χ1v) is 7.34. The fourth-order valence-corrected chi connectivity index (χ4v) is 2.86. The zero-order chi connectivity index (χ0) is 14.7. The molecule has 0 atom stereocenters. The van der Waals surface area contributed by atoms with Crippen molar-refractivity contribution >= 4 is 17.4 Å². The molecule has 2 aliphatic heterocycles. The van der Waals surface area contributed by atoms with Crippen LogP contribution >= 0.6 is 0 Å². The highest BCUT2D eigenvalue weighted by Crippen LogP contribution is 2.24. The number of aryl methyl sites for hydroxylation is 1. The quantitative estimate of drug-likeness (QED) is 0.326. The van der Waals surface area contributed by atoms with Gasteiger partial charge in [-0.3, -0.25) is 4.79 Å². The monoisotopic (exact) mass is 288 g/mol. The predicted octanol–water partition coefficient (Wildman–Crippen LogP) is 0.807. The summed E-state index contributed by atoms with van der Waals surface area (Å²) in [6, 6.07) is 6.02. The van der Waals surface area contributed by atoms with E-state index in [0.717, 1.165) is 49.4 Å². The minimum absolute atomic E-state index is 0.0775. The molecule has 6 nitrogen and oxygen atoms in total. The Morgan fingerprint density at radius 2 is 2.10 bits per heavy atom. The van der Waals surface area contributed by atoms with Crippen LogP contribution in [0.2, 0.25) is 0 Å². The third-order valence-electron chi connectivity index (χ3n) is 4.02. The van der Waals surface area contributed by atoms with Crippen LogP contribution in [0.25, 0.3) is 0 Å². The predicted molar refractivity (Wildman–Crippen MR) is 80.8 cm³/mol. The summed E-state index contributed by atoms with van der Waals surface area (Å²) in [6.45, 7) is 3.55. The summed E-state index contributed by atoms with van der Waals surface area (Å²) in [6.07, 6.45) is 1.92. The van der Waals surface area contributed by atoms with Gasteiger partial charge in [0.1, 0.15) is 5.84 Å². The van der Waals surface area contributed by atoms with Gasteiger partial charge < -0.3 is 20.7 Å². The van der Waals surface area contributed by atoms with Crippen molar-refractivity contribution in [2.24, 2.45) is 5.16 Å². The van der Waals surface area contributed by atoms with E-state index in [4.69, 9.17) is 0 Å². The molecule has 3 rings (SSSR count). The van der Waals surface area contributed by atoms with E-state index in [2.05, 4.69) is 26.8 Å². The number of amidine groups is 1. The molecule has 0 aliphatic carbocycles. The van der Waals surface area contributed by atoms with Gasteiger partial charge in [-0.15, -0.1) is 0 Å². The number of carbonyl (C=O) groups excluding carboxylic acids is 1. The molecule has 1 saturated heterocycles. The third kappa shape index (κ3) is 3.16. The first-order chi connectivity index (χ1) is 10.3. The Hall–Kier alpha value is -2.08. The van der Waals surface area contributed by atoms with Crippen LogP contribution in [0, 0.1) is 0 Å². The average Bonchev–Trinajstić information content (AvgIpc) is 2.53. The molecule has 0 spiro atoms. The summed E-state index contributed by atoms with van der Waals surface area (Å²) < 4.78 is 0. The van der Waals surface area contributed by atoms with E-state index >= 15 is 0 Å². The number of oxime groups is 1. The fraction of sp³-hybridized carbons (Fsp3) is 0.467. The zero-order valence-electron chi connectivity index (χ0n) is 11.9. The molecule has 2 heterocycles. The molecule has 1 aromatic carbocycles. The van der Waals surface area contributed by atoms with Crippen molar-refractivity contribution in [2.45, 2.75) is 19.3 Å². The Bertz CT molecular complexity index is 565. The van der Waals surface area contributed by atoms with E-state index in [1.54, 1.807) is 0 Å². The average molecular weight is 288 g/mol. The first-order valence-electron chi connectivity index (χ1n) is 7.34. The molecule has 0 bridgehead atoms. The Morgan fingerprint density at radius 1 is 1.29 bits per heavy atom. The molecule has 6 heteroatoms. The Labute approximate surface area is 123 Å². The van der Waals surface area contributed by atoms with E-state index in [9.17, 15) is 10.0 Å². The normalized spacial score (nSPS) is 19.1. The van der Waals surface area contributed by atoms with Crippen LogP contribution in [0.5, 0.6) is 0 Å². The second-order valence-corrected chi connectivity index (χ2v) is 5.47. The Kier molecular flexibility index (Phi) is 4.06. The van der Waals surface area contributed by atoms with E-state index in [-0.39, 0.29) is 5.91 Å². The number of carbonyl (C=O) groups is 1. The standard InChI is InChI=1S/C15H20N4O2/c20-15-4-2-12-9-11(1-3-13(12)17-15)10-14(18-21)19-7-5-16-6-8-19/h1,3,9,16,21H,2,4-8,10H2,(H,17,20). The second kappa shape index (κ2) is 6.13. The molecule has 1 aromatic rings. The Balaban J connectivity index is 1.73. The number of hydrogen-bond donors (Lipinski definition) is 3. The lowest BCUT2D eigenvalue weighted by Crippen LogP contribution is -2.47. The van der Waals surface area contributed by atoms with Gasteiger partial charge in [-0.2, -0.15) is 0 Å². The van der Waals surface area contributed by atoms with Crippen molar-refractivity contribution in [1.29, 1.82) is 0 Å². The smallest absolute Gasteiger partial charge is 0.224 e. The number of rotatable bonds is 2. The van der Waals surface area contributed by atoms with Gasteiger partial charge in [-0.1, -0.05) is 17.3 Å². The molecular weight excluding hydrogens is 268 g/mol. The third-order valence-corrected chi connectivity index (χ3v) is 4.02. The Morgan fingerprint density at radius 3 is 2.86 bits per heavy atom. The molecule has 112 valence electrons. The fourth-order valence-electron chi connectivity index (χ4n) is 2.86. The molecule has 1 fully saturated rings. The number of anilines is 1. The lowest BCUT2D eigenvalue weighted by molar-refractivity contribution is -0.116. The molecule has 0 unspecified atom stereocenters. The van der Waals surface area contributed by atoms with E-state index in [0.29, 0.717) is 18.7 Å². The van der Waals surface area contributed by atoms with Crippen molar-refractivity contribution in [3.63, 3.8) is 0 Å². The van der Waals surface area contributed by atoms with Crippen molar-refractivity contribution in [2.75, 3.05) is 31.5 Å². The maximum atomic E-state index is 11.4. The van der Waals surface area contributed by atoms with Crippen molar-refractivity contribution in [1.82, 2.24) is 10.2 Å². The lowest BCUT2D eigenvalue weighted by Gasteiger charge is -2.29. The number of piperazine rings is 1. The van der Waals surface area contributed by atoms with E-state index in [1.165, 1.54) is 0 Å². The largest absolute Gasteiger partial charge is 0.409 e. The number of nitrogens with one attached hydrogen (secondary N) is 2. The zero-order valence-corrected chi connectivity index (χ0v) is 11.9. The SMILES string of the molecule is O=C1CCc2cc(CC(=NO)N3CCNCC3)ccc2N1. The molecule has 2 aliphatic rings. The summed E-state index contributed by atoms with van der Waals surface area (Å²) in [4.78, 5) is 13.5. The van der Waals surface area contributed by atoms with Crippen molar-refractivity contribution in [3.8, 4) is 0 Å². The van der Waals surface area contributed by atoms with E-state index in [1.807, 2.05) is 12.1 Å². The first kappa shape index (κ1) is 13.9. The highest BCUT2D eigenvalue weighted by Gasteiger charge is 2.18. The van der Waals surface area contributed by atoms with Gasteiger partial charge in [0.25, 0.3) is 0 Å². The number of benzene rings is 1. The maximum absolute atomic E-state index is 11.4. The number of fused-ring (bicyclic) bond motifs is 1. The lowest BCUT2D eigenvalue weighted by atomic mass is 9.99. The minimum atomic E-state index is 0.0775. The molecule has 0 saturated carbocycles. The van der Waals surface area contributed by atoms with Crippen molar-refractivity contribution < 1.29 is 10.0 Å². The van der Waals surface area contributed by atoms with Gasteiger partial charge in [0, 0.05) is 44.7 Å². The van der Waals surface area contributed by atoms with Gasteiger partial charge in [0.2, 0.25) is 5.91 Å². The summed E-state index contributed by atoms with van der Waals surface area (Å²) in [5.41, 5.74) is 3.17. The minimum Gasteiger partial charge on any atom is -0.409 e. The van der Waals surface area contributed by atoms with E-state index < -0.39 is 0 Å². The number of hydrogen-bond acceptors (Lipinski definition) is 4. The second-order valence-electron chi connectivity index (χ2n) is 5.47. The topological polar surface area (TPSA) is 77.0 Å². The van der Waals surface area contributed by atoms with Gasteiger partial charge in [-0.05, 0) is 23.6 Å². The van der Waals surface area contributed by atoms with Crippen LogP contribution in [0.3, 0.4) is 0 Å². The van der Waals surface area contributed by atoms with Gasteiger partial charge in [0.15, 0.2) is 0 Å². The van der Waals surface area contributed by atoms with Gasteiger partial charge >= 0.3 is 0 Å². The number of amides is 1. The molecule has 0 aromatic heterocycles.